The maximum absolute atomic E-state index is 5.65. The molecule has 0 radical (unpaired) electrons. The lowest BCUT2D eigenvalue weighted by atomic mass is 10.2. The fraction of sp³-hybridized carbons (Fsp3) is 0.111. The molecule has 0 aliphatic rings. The number of nitrogen functional groups attached to an aromatic ring is 1. The second kappa shape index (κ2) is 3.67. The van der Waals surface area contributed by atoms with Crippen LogP contribution in [-0.4, -0.2) is 9.97 Å². The predicted molar refractivity (Wildman–Crippen MR) is 62.2 cm³/mol. The Labute approximate surface area is 94.1 Å². The van der Waals surface area contributed by atoms with Crippen LogP contribution in [0.1, 0.15) is 5.82 Å². The number of rotatable bonds is 1. The third-order valence-corrected chi connectivity index (χ3v) is 3.45. The SMILES string of the molecule is Cc1nc(N)cc(-c2cscc2Br)n1. The Morgan fingerprint density at radius 2 is 2.14 bits per heavy atom. The summed E-state index contributed by atoms with van der Waals surface area (Å²) in [6.45, 7) is 1.83. The Hall–Kier alpha value is -0.940. The van der Waals surface area contributed by atoms with Crippen molar-refractivity contribution < 1.29 is 0 Å². The predicted octanol–water partition coefficient (Wildman–Crippen LogP) is 2.86. The Bertz CT molecular complexity index is 447. The lowest BCUT2D eigenvalue weighted by Gasteiger charge is -2.01. The van der Waals surface area contributed by atoms with Crippen molar-refractivity contribution in [3.63, 3.8) is 0 Å². The van der Waals surface area contributed by atoms with Gasteiger partial charge in [0, 0.05) is 26.9 Å². The van der Waals surface area contributed by atoms with Gasteiger partial charge in [0.25, 0.3) is 0 Å². The molecule has 0 unspecified atom stereocenters. The Morgan fingerprint density at radius 3 is 2.71 bits per heavy atom. The zero-order valence-corrected chi connectivity index (χ0v) is 9.89. The number of aryl methyl sites for hydroxylation is 1. The first-order chi connectivity index (χ1) is 6.66. The van der Waals surface area contributed by atoms with E-state index in [1.807, 2.05) is 17.7 Å². The smallest absolute Gasteiger partial charge is 0.128 e. The number of hydrogen-bond acceptors (Lipinski definition) is 4. The van der Waals surface area contributed by atoms with E-state index in [-0.39, 0.29) is 0 Å². The van der Waals surface area contributed by atoms with Gasteiger partial charge in [0.1, 0.15) is 11.6 Å². The standard InChI is InChI=1S/C9H8BrN3S/c1-5-12-8(2-9(11)13-5)6-3-14-4-7(6)10/h2-4H,1H3,(H2,11,12,13). The van der Waals surface area contributed by atoms with Crippen molar-refractivity contribution in [1.82, 2.24) is 9.97 Å². The monoisotopic (exact) mass is 269 g/mol. The van der Waals surface area contributed by atoms with E-state index in [0.29, 0.717) is 11.6 Å². The van der Waals surface area contributed by atoms with E-state index in [2.05, 4.69) is 25.9 Å². The number of aromatic nitrogens is 2. The summed E-state index contributed by atoms with van der Waals surface area (Å²) in [4.78, 5) is 8.35. The normalized spacial score (nSPS) is 10.4. The summed E-state index contributed by atoms with van der Waals surface area (Å²) in [6, 6.07) is 1.78. The lowest BCUT2D eigenvalue weighted by Crippen LogP contribution is -1.96. The van der Waals surface area contributed by atoms with Crippen molar-refractivity contribution in [2.45, 2.75) is 6.92 Å². The highest BCUT2D eigenvalue weighted by Gasteiger charge is 2.07. The summed E-state index contributed by atoms with van der Waals surface area (Å²) in [7, 11) is 0. The fourth-order valence-corrected chi connectivity index (χ4v) is 2.68. The molecule has 2 aromatic heterocycles. The van der Waals surface area contributed by atoms with Gasteiger partial charge in [-0.25, -0.2) is 9.97 Å². The molecule has 0 aliphatic carbocycles. The molecule has 0 atom stereocenters. The van der Waals surface area contributed by atoms with E-state index < -0.39 is 0 Å². The zero-order valence-electron chi connectivity index (χ0n) is 7.49. The van der Waals surface area contributed by atoms with Crippen molar-refractivity contribution in [2.24, 2.45) is 0 Å². The topological polar surface area (TPSA) is 51.8 Å². The second-order valence-electron chi connectivity index (χ2n) is 2.86. The van der Waals surface area contributed by atoms with Gasteiger partial charge < -0.3 is 5.73 Å². The van der Waals surface area contributed by atoms with Crippen LogP contribution >= 0.6 is 27.3 Å². The highest BCUT2D eigenvalue weighted by atomic mass is 79.9. The lowest BCUT2D eigenvalue weighted by molar-refractivity contribution is 1.07. The molecule has 2 heterocycles. The molecule has 0 saturated heterocycles. The van der Waals surface area contributed by atoms with Gasteiger partial charge in [-0.05, 0) is 22.9 Å². The maximum Gasteiger partial charge on any atom is 0.128 e. The average molecular weight is 270 g/mol. The first-order valence-electron chi connectivity index (χ1n) is 4.00. The summed E-state index contributed by atoms with van der Waals surface area (Å²) in [5, 5.41) is 4.05. The van der Waals surface area contributed by atoms with Gasteiger partial charge in [-0.2, -0.15) is 11.3 Å². The number of nitrogens with zero attached hydrogens (tertiary/aromatic N) is 2. The van der Waals surface area contributed by atoms with Crippen molar-refractivity contribution in [2.75, 3.05) is 5.73 Å². The first kappa shape index (κ1) is 9.61. The van der Waals surface area contributed by atoms with Crippen molar-refractivity contribution in [3.8, 4) is 11.3 Å². The van der Waals surface area contributed by atoms with Gasteiger partial charge in [-0.1, -0.05) is 0 Å². The van der Waals surface area contributed by atoms with Crippen LogP contribution in [-0.2, 0) is 0 Å². The Kier molecular flexibility index (Phi) is 2.52. The molecule has 0 fully saturated rings. The third kappa shape index (κ3) is 1.78. The van der Waals surface area contributed by atoms with Crippen molar-refractivity contribution >= 4 is 33.1 Å². The third-order valence-electron chi connectivity index (χ3n) is 1.75. The molecule has 0 bridgehead atoms. The molecule has 0 spiro atoms. The van der Waals surface area contributed by atoms with Crippen LogP contribution in [0.15, 0.2) is 21.3 Å². The van der Waals surface area contributed by atoms with Crippen LogP contribution in [0.2, 0.25) is 0 Å². The van der Waals surface area contributed by atoms with Crippen molar-refractivity contribution in [1.29, 1.82) is 0 Å². The minimum atomic E-state index is 0.505. The van der Waals surface area contributed by atoms with E-state index in [0.717, 1.165) is 15.7 Å². The van der Waals surface area contributed by atoms with Gasteiger partial charge in [-0.3, -0.25) is 0 Å². The molecule has 14 heavy (non-hydrogen) atoms. The van der Waals surface area contributed by atoms with Crippen LogP contribution in [0.4, 0.5) is 5.82 Å². The molecule has 2 N–H and O–H groups in total. The number of nitrogens with two attached hydrogens (primary N) is 1. The fourth-order valence-electron chi connectivity index (χ4n) is 1.19. The van der Waals surface area contributed by atoms with Crippen LogP contribution in [0.25, 0.3) is 11.3 Å². The Morgan fingerprint density at radius 1 is 1.36 bits per heavy atom. The minimum Gasteiger partial charge on any atom is -0.384 e. The first-order valence-corrected chi connectivity index (χ1v) is 5.73. The maximum atomic E-state index is 5.65. The molecule has 0 amide bonds. The van der Waals surface area contributed by atoms with E-state index in [1.165, 1.54) is 0 Å². The molecule has 0 saturated carbocycles. The van der Waals surface area contributed by atoms with Crippen LogP contribution in [0, 0.1) is 6.92 Å². The molecule has 0 aliphatic heterocycles. The largest absolute Gasteiger partial charge is 0.384 e. The number of thiophene rings is 1. The number of halogens is 1. The second-order valence-corrected chi connectivity index (χ2v) is 4.46. The molecule has 3 nitrogen and oxygen atoms in total. The van der Waals surface area contributed by atoms with Crippen LogP contribution < -0.4 is 5.73 Å². The summed E-state index contributed by atoms with van der Waals surface area (Å²) in [5.74, 6) is 1.20. The molecule has 0 aromatic carbocycles. The molecular formula is C9H8BrN3S. The molecule has 2 aromatic rings. The number of hydrogen-bond donors (Lipinski definition) is 1. The minimum absolute atomic E-state index is 0.505. The van der Waals surface area contributed by atoms with Gasteiger partial charge >= 0.3 is 0 Å². The van der Waals surface area contributed by atoms with Gasteiger partial charge in [0.15, 0.2) is 0 Å². The Balaban J connectivity index is 2.57. The van der Waals surface area contributed by atoms with E-state index >= 15 is 0 Å². The molecule has 5 heteroatoms. The van der Waals surface area contributed by atoms with Gasteiger partial charge in [-0.15, -0.1) is 0 Å². The van der Waals surface area contributed by atoms with E-state index in [1.54, 1.807) is 17.4 Å². The molecule has 2 rings (SSSR count). The van der Waals surface area contributed by atoms with Gasteiger partial charge in [0.05, 0.1) is 5.69 Å². The van der Waals surface area contributed by atoms with E-state index in [9.17, 15) is 0 Å². The van der Waals surface area contributed by atoms with Gasteiger partial charge in [0.2, 0.25) is 0 Å². The zero-order chi connectivity index (χ0) is 10.1. The molecular weight excluding hydrogens is 262 g/mol. The van der Waals surface area contributed by atoms with Crippen LogP contribution in [0.5, 0.6) is 0 Å². The highest BCUT2D eigenvalue weighted by molar-refractivity contribution is 9.10. The van der Waals surface area contributed by atoms with Crippen LogP contribution in [0.3, 0.4) is 0 Å². The average Bonchev–Trinajstić information content (AvgIpc) is 2.49. The quantitative estimate of drug-likeness (QED) is 0.866. The summed E-state index contributed by atoms with van der Waals surface area (Å²) in [5.41, 5.74) is 7.58. The number of anilines is 1. The van der Waals surface area contributed by atoms with Crippen molar-refractivity contribution in [3.05, 3.63) is 27.1 Å². The molecule has 72 valence electrons. The summed E-state index contributed by atoms with van der Waals surface area (Å²) < 4.78 is 1.04. The summed E-state index contributed by atoms with van der Waals surface area (Å²) >= 11 is 5.09. The van der Waals surface area contributed by atoms with E-state index in [4.69, 9.17) is 5.73 Å². The summed E-state index contributed by atoms with van der Waals surface area (Å²) in [6.07, 6.45) is 0. The highest BCUT2D eigenvalue weighted by Crippen LogP contribution is 2.30.